The Kier molecular flexibility index (Phi) is 2.23. The van der Waals surface area contributed by atoms with Crippen molar-refractivity contribution < 1.29 is 4.39 Å². The van der Waals surface area contributed by atoms with Gasteiger partial charge in [0, 0.05) is 6.42 Å². The maximum Gasteiger partial charge on any atom is 0.151 e. The number of aromatic nitrogens is 2. The van der Waals surface area contributed by atoms with E-state index in [2.05, 4.69) is 16.9 Å². The van der Waals surface area contributed by atoms with Gasteiger partial charge in [-0.15, -0.1) is 0 Å². The fraction of sp³-hybridized carbons (Fsp3) is 0.364. The number of benzene rings is 1. The van der Waals surface area contributed by atoms with Crippen LogP contribution in [-0.4, -0.2) is 9.97 Å². The Hall–Kier alpha value is -1.38. The molecule has 0 aliphatic carbocycles. The number of halogens is 1. The van der Waals surface area contributed by atoms with E-state index in [0.29, 0.717) is 5.52 Å². The lowest BCUT2D eigenvalue weighted by atomic mass is 10.2. The summed E-state index contributed by atoms with van der Waals surface area (Å²) >= 11 is 0. The molecular weight excluding hydrogens is 179 g/mol. The lowest BCUT2D eigenvalue weighted by molar-refractivity contribution is 0.636. The van der Waals surface area contributed by atoms with Crippen molar-refractivity contribution in [3.8, 4) is 0 Å². The molecule has 0 saturated carbocycles. The predicted molar refractivity (Wildman–Crippen MR) is 54.8 cm³/mol. The van der Waals surface area contributed by atoms with Crippen LogP contribution in [0, 0.1) is 12.7 Å². The van der Waals surface area contributed by atoms with Gasteiger partial charge in [-0.05, 0) is 25.0 Å². The second-order valence-corrected chi connectivity index (χ2v) is 3.52. The zero-order valence-corrected chi connectivity index (χ0v) is 8.39. The molecule has 0 aliphatic heterocycles. The van der Waals surface area contributed by atoms with Crippen LogP contribution in [0.25, 0.3) is 11.0 Å². The minimum atomic E-state index is -0.246. The normalized spacial score (nSPS) is 11.1. The first kappa shape index (κ1) is 9.19. The fourth-order valence-electron chi connectivity index (χ4n) is 1.60. The van der Waals surface area contributed by atoms with Crippen LogP contribution in [0.2, 0.25) is 0 Å². The average Bonchev–Trinajstić information content (AvgIpc) is 2.57. The van der Waals surface area contributed by atoms with E-state index in [9.17, 15) is 4.39 Å². The predicted octanol–water partition coefficient (Wildman–Crippen LogP) is 2.96. The Bertz CT molecular complexity index is 421. The highest BCUT2D eigenvalue weighted by Gasteiger charge is 2.08. The van der Waals surface area contributed by atoms with Gasteiger partial charge in [0.15, 0.2) is 5.82 Å². The average molecular weight is 192 g/mol. The van der Waals surface area contributed by atoms with Crippen molar-refractivity contribution in [1.82, 2.24) is 9.97 Å². The molecule has 1 heterocycles. The number of fused-ring (bicyclic) bond motifs is 1. The van der Waals surface area contributed by atoms with Crippen molar-refractivity contribution in [1.29, 1.82) is 0 Å². The van der Waals surface area contributed by atoms with Crippen molar-refractivity contribution >= 4 is 11.0 Å². The highest BCUT2D eigenvalue weighted by molar-refractivity contribution is 5.79. The summed E-state index contributed by atoms with van der Waals surface area (Å²) in [6.07, 6.45) is 1.88. The number of hydrogen-bond donors (Lipinski definition) is 1. The van der Waals surface area contributed by atoms with Gasteiger partial charge in [0.2, 0.25) is 0 Å². The number of imidazole rings is 1. The van der Waals surface area contributed by atoms with Gasteiger partial charge in [0.1, 0.15) is 11.3 Å². The van der Waals surface area contributed by atoms with Crippen LogP contribution >= 0.6 is 0 Å². The molecule has 1 aromatic heterocycles. The Morgan fingerprint density at radius 3 is 2.86 bits per heavy atom. The molecule has 0 bridgehead atoms. The molecule has 0 radical (unpaired) electrons. The molecule has 0 unspecified atom stereocenters. The van der Waals surface area contributed by atoms with E-state index in [1.807, 2.05) is 6.92 Å². The number of hydrogen-bond acceptors (Lipinski definition) is 1. The van der Waals surface area contributed by atoms with Gasteiger partial charge >= 0.3 is 0 Å². The van der Waals surface area contributed by atoms with E-state index < -0.39 is 0 Å². The molecule has 1 aromatic carbocycles. The summed E-state index contributed by atoms with van der Waals surface area (Å²) in [6.45, 7) is 4.03. The van der Waals surface area contributed by atoms with Crippen LogP contribution in [0.3, 0.4) is 0 Å². The van der Waals surface area contributed by atoms with E-state index >= 15 is 0 Å². The minimum Gasteiger partial charge on any atom is -0.342 e. The number of nitrogens with zero attached hydrogens (tertiary/aromatic N) is 1. The van der Waals surface area contributed by atoms with Gasteiger partial charge < -0.3 is 4.98 Å². The van der Waals surface area contributed by atoms with Crippen molar-refractivity contribution in [3.05, 3.63) is 29.3 Å². The van der Waals surface area contributed by atoms with E-state index in [-0.39, 0.29) is 5.82 Å². The van der Waals surface area contributed by atoms with Crippen LogP contribution < -0.4 is 0 Å². The van der Waals surface area contributed by atoms with Crippen molar-refractivity contribution in [3.63, 3.8) is 0 Å². The van der Waals surface area contributed by atoms with Crippen LogP contribution in [0.4, 0.5) is 4.39 Å². The molecule has 2 rings (SSSR count). The van der Waals surface area contributed by atoms with Gasteiger partial charge in [-0.1, -0.05) is 13.0 Å². The smallest absolute Gasteiger partial charge is 0.151 e. The zero-order chi connectivity index (χ0) is 10.1. The number of rotatable bonds is 2. The third kappa shape index (κ3) is 1.39. The number of H-pyrrole nitrogens is 1. The highest BCUT2D eigenvalue weighted by atomic mass is 19.1. The standard InChI is InChI=1S/C11H13FN2/c1-3-4-9-13-10-7(2)5-6-8(12)11(10)14-9/h5-6H,3-4H2,1-2H3,(H,13,14). The molecule has 0 aliphatic rings. The molecule has 2 aromatic rings. The SMILES string of the molecule is CCCc1nc2c(F)ccc(C)c2[nH]1. The number of aryl methyl sites for hydroxylation is 2. The van der Waals surface area contributed by atoms with Crippen LogP contribution in [-0.2, 0) is 6.42 Å². The Morgan fingerprint density at radius 1 is 1.43 bits per heavy atom. The summed E-state index contributed by atoms with van der Waals surface area (Å²) in [4.78, 5) is 7.39. The van der Waals surface area contributed by atoms with Crippen LogP contribution in [0.15, 0.2) is 12.1 Å². The molecule has 2 nitrogen and oxygen atoms in total. The minimum absolute atomic E-state index is 0.246. The van der Waals surface area contributed by atoms with Gasteiger partial charge in [-0.25, -0.2) is 9.37 Å². The summed E-state index contributed by atoms with van der Waals surface area (Å²) in [5.41, 5.74) is 2.33. The number of aromatic amines is 1. The molecule has 14 heavy (non-hydrogen) atoms. The van der Waals surface area contributed by atoms with Gasteiger partial charge in [-0.3, -0.25) is 0 Å². The van der Waals surface area contributed by atoms with E-state index in [1.165, 1.54) is 6.07 Å². The molecule has 3 heteroatoms. The maximum atomic E-state index is 13.3. The summed E-state index contributed by atoms with van der Waals surface area (Å²) in [5.74, 6) is 0.625. The molecule has 0 atom stereocenters. The first-order chi connectivity index (χ1) is 6.72. The molecule has 0 spiro atoms. The molecule has 74 valence electrons. The summed E-state index contributed by atoms with van der Waals surface area (Å²) in [5, 5.41) is 0. The monoisotopic (exact) mass is 192 g/mol. The Balaban J connectivity index is 2.63. The Labute approximate surface area is 82.2 Å². The fourth-order valence-corrected chi connectivity index (χ4v) is 1.60. The lowest BCUT2D eigenvalue weighted by Gasteiger charge is -1.94. The number of nitrogens with one attached hydrogen (secondary N) is 1. The van der Waals surface area contributed by atoms with Crippen LogP contribution in [0.1, 0.15) is 24.7 Å². The summed E-state index contributed by atoms with van der Waals surface area (Å²) < 4.78 is 13.3. The van der Waals surface area contributed by atoms with Gasteiger partial charge in [0.25, 0.3) is 0 Å². The largest absolute Gasteiger partial charge is 0.342 e. The topological polar surface area (TPSA) is 28.7 Å². The second kappa shape index (κ2) is 3.40. The molecule has 1 N–H and O–H groups in total. The first-order valence-electron chi connectivity index (χ1n) is 4.86. The first-order valence-corrected chi connectivity index (χ1v) is 4.86. The van der Waals surface area contributed by atoms with Crippen LogP contribution in [0.5, 0.6) is 0 Å². The zero-order valence-electron chi connectivity index (χ0n) is 8.39. The maximum absolute atomic E-state index is 13.3. The van der Waals surface area contributed by atoms with E-state index in [4.69, 9.17) is 0 Å². The quantitative estimate of drug-likeness (QED) is 0.778. The molecule has 0 saturated heterocycles. The van der Waals surface area contributed by atoms with Crippen molar-refractivity contribution in [2.24, 2.45) is 0 Å². The van der Waals surface area contributed by atoms with Crippen molar-refractivity contribution in [2.45, 2.75) is 26.7 Å². The van der Waals surface area contributed by atoms with Crippen molar-refractivity contribution in [2.75, 3.05) is 0 Å². The molecule has 0 fully saturated rings. The van der Waals surface area contributed by atoms with Gasteiger partial charge in [0.05, 0.1) is 5.52 Å². The second-order valence-electron chi connectivity index (χ2n) is 3.52. The van der Waals surface area contributed by atoms with Gasteiger partial charge in [-0.2, -0.15) is 0 Å². The summed E-state index contributed by atoms with van der Waals surface area (Å²) in [6, 6.07) is 3.24. The summed E-state index contributed by atoms with van der Waals surface area (Å²) in [7, 11) is 0. The third-order valence-electron chi connectivity index (χ3n) is 2.34. The van der Waals surface area contributed by atoms with E-state index in [0.717, 1.165) is 29.7 Å². The lowest BCUT2D eigenvalue weighted by Crippen LogP contribution is -1.84. The third-order valence-corrected chi connectivity index (χ3v) is 2.34. The van der Waals surface area contributed by atoms with E-state index in [1.54, 1.807) is 6.07 Å². The Morgan fingerprint density at radius 2 is 2.21 bits per heavy atom. The molecule has 0 amide bonds. The highest BCUT2D eigenvalue weighted by Crippen LogP contribution is 2.19. The molecular formula is C11H13FN2.